The van der Waals surface area contributed by atoms with Gasteiger partial charge in [0.05, 0.1) is 0 Å². The van der Waals surface area contributed by atoms with E-state index in [9.17, 15) is 4.39 Å². The first-order chi connectivity index (χ1) is 11.1. The molecule has 1 heterocycles. The highest BCUT2D eigenvalue weighted by atomic mass is 127. The van der Waals surface area contributed by atoms with Crippen molar-refractivity contribution in [1.29, 1.82) is 0 Å². The van der Waals surface area contributed by atoms with Gasteiger partial charge in [0.25, 0.3) is 0 Å². The number of hydrogen-bond acceptors (Lipinski definition) is 2. The molecule has 0 amide bonds. The molecule has 6 heteroatoms. The molecule has 1 saturated heterocycles. The first kappa shape index (κ1) is 21.2. The molecule has 2 N–H and O–H groups in total. The van der Waals surface area contributed by atoms with E-state index in [1.54, 1.807) is 20.0 Å². The minimum Gasteiger partial charge on any atom is -0.356 e. The van der Waals surface area contributed by atoms with E-state index < -0.39 is 0 Å². The van der Waals surface area contributed by atoms with E-state index >= 15 is 0 Å². The summed E-state index contributed by atoms with van der Waals surface area (Å²) in [6.07, 6.45) is 2.67. The number of aliphatic imine (C=N–C) groups is 1. The molecule has 0 saturated carbocycles. The first-order valence-electron chi connectivity index (χ1n) is 8.50. The maximum atomic E-state index is 13.3. The molecule has 1 aromatic rings. The number of benzene rings is 1. The summed E-state index contributed by atoms with van der Waals surface area (Å²) in [6.45, 7) is 9.21. The van der Waals surface area contributed by atoms with Crippen LogP contribution in [-0.2, 0) is 6.54 Å². The fourth-order valence-corrected chi connectivity index (χ4v) is 2.96. The van der Waals surface area contributed by atoms with Gasteiger partial charge in [-0.2, -0.15) is 0 Å². The molecule has 0 aromatic heterocycles. The highest BCUT2D eigenvalue weighted by molar-refractivity contribution is 14.0. The molecule has 1 fully saturated rings. The van der Waals surface area contributed by atoms with Gasteiger partial charge in [-0.3, -0.25) is 4.99 Å². The number of halogens is 2. The Morgan fingerprint density at radius 2 is 2.00 bits per heavy atom. The zero-order valence-corrected chi connectivity index (χ0v) is 17.3. The maximum Gasteiger partial charge on any atom is 0.191 e. The van der Waals surface area contributed by atoms with Crippen LogP contribution in [0.1, 0.15) is 30.9 Å². The van der Waals surface area contributed by atoms with E-state index in [1.165, 1.54) is 32.0 Å². The van der Waals surface area contributed by atoms with Gasteiger partial charge in [-0.25, -0.2) is 4.39 Å². The lowest BCUT2D eigenvalue weighted by Crippen LogP contribution is -2.41. The molecule has 0 bridgehead atoms. The van der Waals surface area contributed by atoms with E-state index in [-0.39, 0.29) is 29.8 Å². The Morgan fingerprint density at radius 3 is 2.62 bits per heavy atom. The third-order valence-electron chi connectivity index (χ3n) is 4.29. The molecule has 1 aromatic carbocycles. The standard InChI is InChI=1S/C18H29FN4.HI/c1-14(13-23-8-4-5-9-23)11-21-18(20-3)22-12-16-6-7-17(19)15(2)10-16;/h6-7,10,14H,4-5,8-9,11-13H2,1-3H3,(H2,20,21,22);1H. The zero-order chi connectivity index (χ0) is 16.7. The summed E-state index contributed by atoms with van der Waals surface area (Å²) >= 11 is 0. The monoisotopic (exact) mass is 448 g/mol. The van der Waals surface area contributed by atoms with Gasteiger partial charge in [-0.1, -0.05) is 19.1 Å². The highest BCUT2D eigenvalue weighted by Crippen LogP contribution is 2.10. The van der Waals surface area contributed by atoms with E-state index in [1.807, 2.05) is 6.07 Å². The van der Waals surface area contributed by atoms with Crippen LogP contribution in [0.4, 0.5) is 4.39 Å². The fraction of sp³-hybridized carbons (Fsp3) is 0.611. The molecule has 2 rings (SSSR count). The van der Waals surface area contributed by atoms with Crippen molar-refractivity contribution in [2.24, 2.45) is 10.9 Å². The van der Waals surface area contributed by atoms with Crippen LogP contribution >= 0.6 is 24.0 Å². The smallest absolute Gasteiger partial charge is 0.191 e. The van der Waals surface area contributed by atoms with E-state index in [2.05, 4.69) is 27.4 Å². The van der Waals surface area contributed by atoms with Crippen molar-refractivity contribution in [3.63, 3.8) is 0 Å². The molecule has 0 aliphatic carbocycles. The van der Waals surface area contributed by atoms with Gasteiger partial charge in [0.15, 0.2) is 5.96 Å². The van der Waals surface area contributed by atoms with Crippen LogP contribution in [0.15, 0.2) is 23.2 Å². The number of nitrogens with zero attached hydrogens (tertiary/aromatic N) is 2. The Bertz CT molecular complexity index is 530. The number of likely N-dealkylation sites (tertiary alicyclic amines) is 1. The maximum absolute atomic E-state index is 13.3. The van der Waals surface area contributed by atoms with E-state index in [0.717, 1.165) is 24.6 Å². The van der Waals surface area contributed by atoms with Crippen LogP contribution in [0, 0.1) is 18.7 Å². The number of hydrogen-bond donors (Lipinski definition) is 2. The fourth-order valence-electron chi connectivity index (χ4n) is 2.96. The summed E-state index contributed by atoms with van der Waals surface area (Å²) in [4.78, 5) is 6.79. The van der Waals surface area contributed by atoms with Crippen molar-refractivity contribution in [2.75, 3.05) is 33.2 Å². The molecule has 0 radical (unpaired) electrons. The minimum atomic E-state index is -0.160. The van der Waals surface area contributed by atoms with Gasteiger partial charge in [-0.15, -0.1) is 24.0 Å². The van der Waals surface area contributed by atoms with Gasteiger partial charge in [-0.05, 0) is 56.0 Å². The van der Waals surface area contributed by atoms with Crippen molar-refractivity contribution in [1.82, 2.24) is 15.5 Å². The topological polar surface area (TPSA) is 39.7 Å². The summed E-state index contributed by atoms with van der Waals surface area (Å²) < 4.78 is 13.3. The molecular formula is C18H30FIN4. The normalized spacial score (nSPS) is 16.6. The highest BCUT2D eigenvalue weighted by Gasteiger charge is 2.14. The zero-order valence-electron chi connectivity index (χ0n) is 14.9. The first-order valence-corrected chi connectivity index (χ1v) is 8.50. The van der Waals surface area contributed by atoms with Crippen LogP contribution < -0.4 is 10.6 Å². The van der Waals surface area contributed by atoms with E-state index in [0.29, 0.717) is 18.0 Å². The molecule has 4 nitrogen and oxygen atoms in total. The second kappa shape index (κ2) is 10.9. The Hall–Kier alpha value is -0.890. The predicted octanol–water partition coefficient (Wildman–Crippen LogP) is 3.15. The van der Waals surface area contributed by atoms with Crippen LogP contribution in [0.25, 0.3) is 0 Å². The number of nitrogens with one attached hydrogen (secondary N) is 2. The molecule has 1 unspecified atom stereocenters. The SMILES string of the molecule is CN=C(NCc1ccc(F)c(C)c1)NCC(C)CN1CCCC1.I. The molecule has 1 aliphatic rings. The second-order valence-electron chi connectivity index (χ2n) is 6.50. The number of guanidine groups is 1. The summed E-state index contributed by atoms with van der Waals surface area (Å²) in [6, 6.07) is 5.19. The molecular weight excluding hydrogens is 418 g/mol. The van der Waals surface area contributed by atoms with Crippen LogP contribution in [-0.4, -0.2) is 44.1 Å². The van der Waals surface area contributed by atoms with Gasteiger partial charge < -0.3 is 15.5 Å². The second-order valence-corrected chi connectivity index (χ2v) is 6.50. The van der Waals surface area contributed by atoms with Crippen molar-refractivity contribution in [3.8, 4) is 0 Å². The average molecular weight is 448 g/mol. The van der Waals surface area contributed by atoms with Crippen LogP contribution in [0.2, 0.25) is 0 Å². The Balaban J connectivity index is 0.00000288. The van der Waals surface area contributed by atoms with Gasteiger partial charge in [0.2, 0.25) is 0 Å². The van der Waals surface area contributed by atoms with Crippen molar-refractivity contribution in [3.05, 3.63) is 35.1 Å². The summed E-state index contributed by atoms with van der Waals surface area (Å²) in [5.74, 6) is 1.21. The largest absolute Gasteiger partial charge is 0.356 e. The van der Waals surface area contributed by atoms with Gasteiger partial charge >= 0.3 is 0 Å². The van der Waals surface area contributed by atoms with Crippen molar-refractivity contribution >= 4 is 29.9 Å². The predicted molar refractivity (Wildman–Crippen MR) is 110 cm³/mol. The lowest BCUT2D eigenvalue weighted by Gasteiger charge is -2.21. The summed E-state index contributed by atoms with van der Waals surface area (Å²) in [7, 11) is 1.77. The molecule has 136 valence electrons. The molecule has 1 aliphatic heterocycles. The van der Waals surface area contributed by atoms with Crippen molar-refractivity contribution < 1.29 is 4.39 Å². The molecule has 0 spiro atoms. The Kier molecular flexibility index (Phi) is 9.58. The Morgan fingerprint density at radius 1 is 1.29 bits per heavy atom. The quantitative estimate of drug-likeness (QED) is 0.399. The lowest BCUT2D eigenvalue weighted by molar-refractivity contribution is 0.287. The van der Waals surface area contributed by atoms with E-state index in [4.69, 9.17) is 0 Å². The van der Waals surface area contributed by atoms with Gasteiger partial charge in [0, 0.05) is 26.7 Å². The number of rotatable bonds is 6. The Labute approximate surface area is 162 Å². The van der Waals surface area contributed by atoms with Crippen LogP contribution in [0.3, 0.4) is 0 Å². The number of aryl methyl sites for hydroxylation is 1. The van der Waals surface area contributed by atoms with Crippen molar-refractivity contribution in [2.45, 2.75) is 33.2 Å². The third kappa shape index (κ3) is 6.93. The molecule has 24 heavy (non-hydrogen) atoms. The minimum absolute atomic E-state index is 0. The summed E-state index contributed by atoms with van der Waals surface area (Å²) in [5, 5.41) is 6.66. The lowest BCUT2D eigenvalue weighted by atomic mass is 10.1. The third-order valence-corrected chi connectivity index (χ3v) is 4.29. The molecule has 1 atom stereocenters. The average Bonchev–Trinajstić information content (AvgIpc) is 3.03. The summed E-state index contributed by atoms with van der Waals surface area (Å²) in [5.41, 5.74) is 1.73. The van der Waals surface area contributed by atoms with Gasteiger partial charge in [0.1, 0.15) is 5.82 Å². The van der Waals surface area contributed by atoms with Crippen LogP contribution in [0.5, 0.6) is 0 Å².